The van der Waals surface area contributed by atoms with Gasteiger partial charge in [0.2, 0.25) is 10.0 Å². The third-order valence-corrected chi connectivity index (χ3v) is 8.30. The van der Waals surface area contributed by atoms with Gasteiger partial charge in [-0.2, -0.15) is 5.26 Å². The summed E-state index contributed by atoms with van der Waals surface area (Å²) in [5.41, 5.74) is 2.04. The molecule has 2 N–H and O–H groups in total. The number of carbonyl (C=O) groups is 1. The molecule has 11 heteroatoms. The topological polar surface area (TPSA) is 114 Å². The number of anilines is 1. The molecule has 2 aromatic rings. The average Bonchev–Trinajstić information content (AvgIpc) is 3.11. The zero-order chi connectivity index (χ0) is 22.9. The molecule has 1 heterocycles. The van der Waals surface area contributed by atoms with Gasteiger partial charge < -0.3 is 10.0 Å². The Hall–Kier alpha value is -2.13. The van der Waals surface area contributed by atoms with E-state index in [1.54, 1.807) is 31.2 Å². The van der Waals surface area contributed by atoms with Crippen LogP contribution in [0, 0.1) is 18.4 Å². The number of hydrogen-bond acceptors (Lipinski definition) is 5. The number of benzene rings is 2. The fraction of sp³-hybridized carbons (Fsp3) is 0.300. The van der Waals surface area contributed by atoms with Crippen molar-refractivity contribution in [2.75, 3.05) is 18.5 Å². The smallest absolute Gasteiger partial charge is 0.411 e. The summed E-state index contributed by atoms with van der Waals surface area (Å²) < 4.78 is 29.7. The Bertz CT molecular complexity index is 1170. The highest BCUT2D eigenvalue weighted by atomic mass is 79.9. The molecule has 0 unspecified atom stereocenters. The predicted molar refractivity (Wildman–Crippen MR) is 123 cm³/mol. The second-order valence-corrected chi connectivity index (χ2v) is 10.7. The lowest BCUT2D eigenvalue weighted by Crippen LogP contribution is -2.36. The van der Waals surface area contributed by atoms with Crippen LogP contribution in [0.25, 0.3) is 0 Å². The molecule has 8 nitrogen and oxygen atoms in total. The molecule has 164 valence electrons. The van der Waals surface area contributed by atoms with Crippen molar-refractivity contribution >= 4 is 53.7 Å². The number of sulfonamides is 1. The van der Waals surface area contributed by atoms with Crippen LogP contribution in [0.1, 0.15) is 23.6 Å². The van der Waals surface area contributed by atoms with E-state index < -0.39 is 22.2 Å². The van der Waals surface area contributed by atoms with Crippen LogP contribution >= 0.6 is 31.9 Å². The van der Waals surface area contributed by atoms with Crippen molar-refractivity contribution in [3.8, 4) is 6.19 Å². The summed E-state index contributed by atoms with van der Waals surface area (Å²) in [4.78, 5) is 14.1. The van der Waals surface area contributed by atoms with Crippen molar-refractivity contribution in [1.82, 2.24) is 9.62 Å². The first-order chi connectivity index (χ1) is 14.5. The summed E-state index contributed by atoms with van der Waals surface area (Å²) in [7, 11) is -2.37. The molecule has 0 radical (unpaired) electrons. The number of amides is 1. The van der Waals surface area contributed by atoms with Crippen molar-refractivity contribution in [1.29, 1.82) is 5.26 Å². The van der Waals surface area contributed by atoms with Gasteiger partial charge in [0.05, 0.1) is 10.9 Å². The molecule has 1 fully saturated rings. The highest BCUT2D eigenvalue weighted by molar-refractivity contribution is 9.11. The Morgan fingerprint density at radius 2 is 2.03 bits per heavy atom. The normalized spacial score (nSPS) is 18.6. The second kappa shape index (κ2) is 9.16. The van der Waals surface area contributed by atoms with Gasteiger partial charge in [-0.3, -0.25) is 4.90 Å². The third-order valence-electron chi connectivity index (χ3n) is 5.29. The van der Waals surface area contributed by atoms with Gasteiger partial charge in [-0.25, -0.2) is 17.9 Å². The minimum absolute atomic E-state index is 0.107. The third kappa shape index (κ3) is 4.87. The summed E-state index contributed by atoms with van der Waals surface area (Å²) in [6, 6.07) is 9.31. The van der Waals surface area contributed by atoms with Crippen molar-refractivity contribution in [3.05, 3.63) is 56.5 Å². The van der Waals surface area contributed by atoms with Crippen LogP contribution in [-0.2, 0) is 10.0 Å². The van der Waals surface area contributed by atoms with E-state index in [1.165, 1.54) is 18.0 Å². The number of hydrogen-bond donors (Lipinski definition) is 2. The molecule has 1 aliphatic heterocycles. The van der Waals surface area contributed by atoms with Crippen molar-refractivity contribution < 1.29 is 18.3 Å². The molecule has 2 aromatic carbocycles. The number of nitriles is 1. The first kappa shape index (κ1) is 23.5. The second-order valence-electron chi connectivity index (χ2n) is 7.23. The van der Waals surface area contributed by atoms with Crippen LogP contribution in [0.2, 0.25) is 0 Å². The minimum atomic E-state index is -3.83. The molecule has 0 bridgehead atoms. The highest BCUT2D eigenvalue weighted by Gasteiger charge is 2.36. The van der Waals surface area contributed by atoms with Crippen LogP contribution in [0.3, 0.4) is 0 Å². The number of rotatable bonds is 5. The number of carboxylic acid groups (broad SMARTS) is 1. The largest absolute Gasteiger partial charge is 0.465 e. The van der Waals surface area contributed by atoms with Crippen LogP contribution in [0.15, 0.2) is 50.2 Å². The molecule has 0 saturated carbocycles. The maximum absolute atomic E-state index is 12.9. The monoisotopic (exact) mass is 570 g/mol. The summed E-state index contributed by atoms with van der Waals surface area (Å²) >= 11 is 6.57. The van der Waals surface area contributed by atoms with Crippen molar-refractivity contribution in [2.45, 2.75) is 30.3 Å². The van der Waals surface area contributed by atoms with Gasteiger partial charge >= 0.3 is 6.09 Å². The first-order valence-corrected chi connectivity index (χ1v) is 12.3. The number of nitrogens with one attached hydrogen (secondary N) is 1. The van der Waals surface area contributed by atoms with E-state index in [9.17, 15) is 23.6 Å². The Morgan fingerprint density at radius 3 is 2.68 bits per heavy atom. The van der Waals surface area contributed by atoms with Gasteiger partial charge in [0.25, 0.3) is 0 Å². The summed E-state index contributed by atoms with van der Waals surface area (Å²) in [5.74, 6) is 0. The summed E-state index contributed by atoms with van der Waals surface area (Å²) in [6.45, 7) is 2.01. The van der Waals surface area contributed by atoms with E-state index >= 15 is 0 Å². The average molecular weight is 572 g/mol. The van der Waals surface area contributed by atoms with Crippen molar-refractivity contribution in [2.24, 2.45) is 0 Å². The van der Waals surface area contributed by atoms with Gasteiger partial charge in [0, 0.05) is 34.3 Å². The van der Waals surface area contributed by atoms with Crippen LogP contribution in [0.5, 0.6) is 0 Å². The van der Waals surface area contributed by atoms with E-state index in [0.717, 1.165) is 16.0 Å². The molecule has 2 atom stereocenters. The lowest BCUT2D eigenvalue weighted by atomic mass is 9.97. The molecular weight excluding hydrogens is 552 g/mol. The maximum Gasteiger partial charge on any atom is 0.411 e. The number of likely N-dealkylation sites (tertiary alicyclic amines) is 1. The number of nitrogens with zero attached hydrogens (tertiary/aromatic N) is 3. The zero-order valence-electron chi connectivity index (χ0n) is 16.7. The van der Waals surface area contributed by atoms with E-state index in [2.05, 4.69) is 42.8 Å². The fourth-order valence-corrected chi connectivity index (χ4v) is 6.50. The summed E-state index contributed by atoms with van der Waals surface area (Å²) in [6.07, 6.45) is 1.42. The van der Waals surface area contributed by atoms with E-state index in [-0.39, 0.29) is 17.5 Å². The van der Waals surface area contributed by atoms with E-state index in [4.69, 9.17) is 0 Å². The van der Waals surface area contributed by atoms with Crippen LogP contribution in [-0.4, -0.2) is 44.2 Å². The minimum Gasteiger partial charge on any atom is -0.465 e. The Morgan fingerprint density at radius 1 is 1.32 bits per heavy atom. The first-order valence-electron chi connectivity index (χ1n) is 9.25. The molecule has 3 rings (SSSR count). The Kier molecular flexibility index (Phi) is 6.95. The lowest BCUT2D eigenvalue weighted by molar-refractivity contribution is 0.203. The maximum atomic E-state index is 12.9. The van der Waals surface area contributed by atoms with Crippen LogP contribution < -0.4 is 9.62 Å². The SMILES string of the molecule is Cc1c([C@H]2C[C@@H](NS(=O)(=O)c3cc(Br)ccc3Br)CN2C#N)cccc1N(C)C(=O)O. The molecule has 0 aliphatic carbocycles. The molecule has 1 saturated heterocycles. The zero-order valence-corrected chi connectivity index (χ0v) is 20.7. The van der Waals surface area contributed by atoms with Crippen LogP contribution in [0.4, 0.5) is 10.5 Å². The predicted octanol–water partition coefficient (Wildman–Crippen LogP) is 4.21. The molecule has 1 amide bonds. The lowest BCUT2D eigenvalue weighted by Gasteiger charge is -2.24. The van der Waals surface area contributed by atoms with E-state index in [0.29, 0.717) is 21.1 Å². The Balaban J connectivity index is 1.89. The van der Waals surface area contributed by atoms with E-state index in [1.807, 2.05) is 6.07 Å². The van der Waals surface area contributed by atoms with Gasteiger partial charge in [-0.1, -0.05) is 28.1 Å². The van der Waals surface area contributed by atoms with Gasteiger partial charge in [-0.15, -0.1) is 0 Å². The fourth-order valence-electron chi connectivity index (χ4n) is 3.76. The van der Waals surface area contributed by atoms with Gasteiger partial charge in [0.1, 0.15) is 0 Å². The molecule has 31 heavy (non-hydrogen) atoms. The highest BCUT2D eigenvalue weighted by Crippen LogP contribution is 2.37. The summed E-state index contributed by atoms with van der Waals surface area (Å²) in [5, 5.41) is 19.0. The standard InChI is InChI=1S/C20H20Br2N4O4S/c1-12-15(4-3-5-17(12)25(2)20(27)28)18-9-14(10-26(18)11-23)24-31(29,30)19-8-13(21)6-7-16(19)22/h3-8,14,18,24H,9-10H2,1-2H3,(H,27,28)/t14-,18-/m1/s1. The number of halogens is 2. The van der Waals surface area contributed by atoms with Gasteiger partial charge in [0.15, 0.2) is 6.19 Å². The molecule has 0 aromatic heterocycles. The molecule has 1 aliphatic rings. The Labute approximate surface area is 197 Å². The molecular formula is C20H20Br2N4O4S. The van der Waals surface area contributed by atoms with Crippen molar-refractivity contribution in [3.63, 3.8) is 0 Å². The van der Waals surface area contributed by atoms with Gasteiger partial charge in [-0.05, 0) is 64.7 Å². The quantitative estimate of drug-likeness (QED) is 0.520. The molecule has 0 spiro atoms.